The molecule has 0 amide bonds. The summed E-state index contributed by atoms with van der Waals surface area (Å²) in [7, 11) is 0. The second kappa shape index (κ2) is 3.70. The van der Waals surface area contributed by atoms with Crippen molar-refractivity contribution in [3.05, 3.63) is 52.0 Å². The zero-order valence-corrected chi connectivity index (χ0v) is 10.3. The van der Waals surface area contributed by atoms with Gasteiger partial charge in [-0.2, -0.15) is 0 Å². The fourth-order valence-corrected chi connectivity index (χ4v) is 3.38. The highest BCUT2D eigenvalue weighted by atomic mass is 32.1. The number of nitrogens with zero attached hydrogens (tertiary/aromatic N) is 1. The van der Waals surface area contributed by atoms with E-state index in [1.54, 1.807) is 0 Å². The predicted molar refractivity (Wildman–Crippen MR) is 67.9 cm³/mol. The molecular weight excluding hydrogens is 214 g/mol. The lowest BCUT2D eigenvalue weighted by Crippen LogP contribution is -2.07. The van der Waals surface area contributed by atoms with Crippen molar-refractivity contribution in [2.24, 2.45) is 0 Å². The lowest BCUT2D eigenvalue weighted by Gasteiger charge is -2.11. The van der Waals surface area contributed by atoms with Gasteiger partial charge in [0.2, 0.25) is 0 Å². The summed E-state index contributed by atoms with van der Waals surface area (Å²) in [6.45, 7) is 2.17. The first-order chi connectivity index (χ1) is 7.85. The Hall–Kier alpha value is -1.15. The van der Waals surface area contributed by atoms with Gasteiger partial charge < -0.3 is 0 Å². The fraction of sp³-hybridized carbons (Fsp3) is 0.357. The molecule has 82 valence electrons. The minimum absolute atomic E-state index is 0.263. The first kappa shape index (κ1) is 10.0. The van der Waals surface area contributed by atoms with Gasteiger partial charge in [-0.15, -0.1) is 11.3 Å². The molecule has 1 fully saturated rings. The Balaban J connectivity index is 2.00. The van der Waals surface area contributed by atoms with Crippen LogP contribution < -0.4 is 0 Å². The maximum Gasteiger partial charge on any atom is 0.103 e. The number of aromatic nitrogens is 1. The van der Waals surface area contributed by atoms with E-state index in [2.05, 4.69) is 42.6 Å². The topological polar surface area (TPSA) is 12.9 Å². The minimum Gasteiger partial charge on any atom is -0.245 e. The van der Waals surface area contributed by atoms with Gasteiger partial charge in [0.15, 0.2) is 0 Å². The zero-order valence-electron chi connectivity index (χ0n) is 9.44. The highest BCUT2D eigenvalue weighted by molar-refractivity contribution is 7.09. The minimum atomic E-state index is 0.263. The Morgan fingerprint density at radius 1 is 1.25 bits per heavy atom. The normalized spacial score (nSPS) is 17.3. The van der Waals surface area contributed by atoms with Crippen LogP contribution in [0.4, 0.5) is 0 Å². The lowest BCUT2D eigenvalue weighted by atomic mass is 9.97. The van der Waals surface area contributed by atoms with E-state index >= 15 is 0 Å². The molecule has 1 saturated carbocycles. The molecule has 0 N–H and O–H groups in total. The smallest absolute Gasteiger partial charge is 0.103 e. The highest BCUT2D eigenvalue weighted by Crippen LogP contribution is 2.54. The fourth-order valence-electron chi connectivity index (χ4n) is 2.20. The van der Waals surface area contributed by atoms with E-state index in [9.17, 15) is 0 Å². The number of thiazole rings is 1. The van der Waals surface area contributed by atoms with E-state index in [0.717, 1.165) is 6.42 Å². The molecule has 1 aliphatic rings. The number of hydrogen-bond donors (Lipinski definition) is 0. The van der Waals surface area contributed by atoms with Crippen molar-refractivity contribution in [2.45, 2.75) is 31.6 Å². The molecule has 0 spiro atoms. The molecule has 3 rings (SSSR count). The number of aryl methyl sites for hydroxylation is 1. The molecule has 1 nitrogen and oxygen atoms in total. The van der Waals surface area contributed by atoms with Gasteiger partial charge in [-0.1, -0.05) is 37.3 Å². The molecule has 2 aromatic rings. The maximum absolute atomic E-state index is 4.76. The van der Waals surface area contributed by atoms with E-state index in [1.807, 2.05) is 11.3 Å². The maximum atomic E-state index is 4.76. The summed E-state index contributed by atoms with van der Waals surface area (Å²) in [5, 5.41) is 3.52. The number of benzene rings is 1. The molecule has 1 aromatic heterocycles. The van der Waals surface area contributed by atoms with Gasteiger partial charge in [0.25, 0.3) is 0 Å². The molecule has 1 aromatic carbocycles. The van der Waals surface area contributed by atoms with Crippen LogP contribution in [0.25, 0.3) is 0 Å². The third-order valence-electron chi connectivity index (χ3n) is 3.40. The molecule has 2 heteroatoms. The van der Waals surface area contributed by atoms with Crippen LogP contribution in [0.3, 0.4) is 0 Å². The number of hydrogen-bond acceptors (Lipinski definition) is 2. The molecule has 0 aliphatic heterocycles. The van der Waals surface area contributed by atoms with Crippen molar-refractivity contribution < 1.29 is 0 Å². The van der Waals surface area contributed by atoms with Crippen LogP contribution in [-0.2, 0) is 11.8 Å². The quantitative estimate of drug-likeness (QED) is 0.780. The van der Waals surface area contributed by atoms with Crippen LogP contribution in [0.1, 0.15) is 36.0 Å². The molecule has 16 heavy (non-hydrogen) atoms. The Morgan fingerprint density at radius 2 is 2.00 bits per heavy atom. The summed E-state index contributed by atoms with van der Waals surface area (Å²) in [5.74, 6) is 0. The Bertz CT molecular complexity index is 482. The first-order valence-electron chi connectivity index (χ1n) is 5.85. The van der Waals surface area contributed by atoms with Gasteiger partial charge in [0.05, 0.1) is 5.69 Å². The van der Waals surface area contributed by atoms with E-state index in [-0.39, 0.29) is 5.41 Å². The van der Waals surface area contributed by atoms with Crippen molar-refractivity contribution in [1.29, 1.82) is 0 Å². The third-order valence-corrected chi connectivity index (χ3v) is 4.49. The van der Waals surface area contributed by atoms with Crippen LogP contribution in [0.2, 0.25) is 0 Å². The first-order valence-corrected chi connectivity index (χ1v) is 6.73. The van der Waals surface area contributed by atoms with Crippen LogP contribution >= 0.6 is 11.3 Å². The van der Waals surface area contributed by atoms with E-state index < -0.39 is 0 Å². The van der Waals surface area contributed by atoms with Gasteiger partial charge in [0, 0.05) is 10.8 Å². The third kappa shape index (κ3) is 1.49. The second-order valence-electron chi connectivity index (χ2n) is 4.45. The van der Waals surface area contributed by atoms with E-state index in [4.69, 9.17) is 4.98 Å². The molecule has 1 aliphatic carbocycles. The lowest BCUT2D eigenvalue weighted by molar-refractivity contribution is 0.822. The summed E-state index contributed by atoms with van der Waals surface area (Å²) in [4.78, 5) is 4.76. The van der Waals surface area contributed by atoms with Gasteiger partial charge in [-0.25, -0.2) is 4.98 Å². The molecular formula is C14H15NS. The molecule has 0 bridgehead atoms. The van der Waals surface area contributed by atoms with Gasteiger partial charge in [-0.05, 0) is 24.8 Å². The monoisotopic (exact) mass is 229 g/mol. The van der Waals surface area contributed by atoms with Crippen LogP contribution in [0.15, 0.2) is 35.7 Å². The standard InChI is InChI=1S/C14H15NS/c1-2-12-10-16-13(15-12)14(8-9-14)11-6-4-3-5-7-11/h3-7,10H,2,8-9H2,1H3. The molecule has 0 unspecified atom stereocenters. The SMILES string of the molecule is CCc1csc(C2(c3ccccc3)CC2)n1. The van der Waals surface area contributed by atoms with Crippen molar-refractivity contribution in [1.82, 2.24) is 4.98 Å². The Kier molecular flexibility index (Phi) is 2.32. The largest absolute Gasteiger partial charge is 0.245 e. The van der Waals surface area contributed by atoms with Crippen LogP contribution in [0, 0.1) is 0 Å². The predicted octanol–water partition coefficient (Wildman–Crippen LogP) is 3.79. The van der Waals surface area contributed by atoms with E-state index in [1.165, 1.54) is 29.1 Å². The van der Waals surface area contributed by atoms with Gasteiger partial charge in [-0.3, -0.25) is 0 Å². The van der Waals surface area contributed by atoms with Gasteiger partial charge in [0.1, 0.15) is 5.01 Å². The van der Waals surface area contributed by atoms with Crippen molar-refractivity contribution in [3.8, 4) is 0 Å². The molecule has 0 saturated heterocycles. The Morgan fingerprint density at radius 3 is 2.56 bits per heavy atom. The van der Waals surface area contributed by atoms with Crippen molar-refractivity contribution in [3.63, 3.8) is 0 Å². The summed E-state index contributed by atoms with van der Waals surface area (Å²) in [6.07, 6.45) is 3.56. The average molecular weight is 229 g/mol. The summed E-state index contributed by atoms with van der Waals surface area (Å²) in [5.41, 5.74) is 2.94. The molecule has 0 atom stereocenters. The Labute approximate surface area is 100 Å². The summed E-state index contributed by atoms with van der Waals surface area (Å²) < 4.78 is 0. The van der Waals surface area contributed by atoms with Crippen molar-refractivity contribution in [2.75, 3.05) is 0 Å². The van der Waals surface area contributed by atoms with E-state index in [0.29, 0.717) is 0 Å². The molecule has 1 heterocycles. The average Bonchev–Trinajstić information content (AvgIpc) is 3.02. The summed E-state index contributed by atoms with van der Waals surface area (Å²) >= 11 is 1.83. The van der Waals surface area contributed by atoms with Crippen LogP contribution in [-0.4, -0.2) is 4.98 Å². The summed E-state index contributed by atoms with van der Waals surface area (Å²) in [6, 6.07) is 10.8. The molecule has 0 radical (unpaired) electrons. The zero-order chi connectivity index (χ0) is 11.0. The number of rotatable bonds is 3. The van der Waals surface area contributed by atoms with Crippen molar-refractivity contribution >= 4 is 11.3 Å². The second-order valence-corrected chi connectivity index (χ2v) is 5.30. The van der Waals surface area contributed by atoms with Gasteiger partial charge >= 0.3 is 0 Å². The highest BCUT2D eigenvalue weighted by Gasteiger charge is 2.48. The van der Waals surface area contributed by atoms with Crippen LogP contribution in [0.5, 0.6) is 0 Å².